The van der Waals surface area contributed by atoms with Crippen LogP contribution < -0.4 is 24.8 Å². The van der Waals surface area contributed by atoms with Crippen LogP contribution in [0.4, 0.5) is 0 Å². The first-order valence-corrected chi connectivity index (χ1v) is 9.00. The fourth-order valence-electron chi connectivity index (χ4n) is 2.72. The summed E-state index contributed by atoms with van der Waals surface area (Å²) in [6, 6.07) is 11.4. The Morgan fingerprint density at radius 1 is 1.11 bits per heavy atom. The Morgan fingerprint density at radius 3 is 2.33 bits per heavy atom. The molecule has 7 heteroatoms. The Morgan fingerprint density at radius 2 is 1.78 bits per heavy atom. The van der Waals surface area contributed by atoms with Gasteiger partial charge in [0, 0.05) is 17.1 Å². The maximum Gasteiger partial charge on any atom is 0.275 e. The zero-order chi connectivity index (χ0) is 19.8. The number of carbonyl (C=O) groups is 1. The molecule has 0 heterocycles. The summed E-state index contributed by atoms with van der Waals surface area (Å²) in [6.45, 7) is 2.73. The van der Waals surface area contributed by atoms with Crippen LogP contribution in [0, 0.1) is 0 Å². The zero-order valence-corrected chi connectivity index (χ0v) is 16.8. The highest BCUT2D eigenvalue weighted by molar-refractivity contribution is 6.30. The molecular weight excluding hydrogens is 368 g/mol. The number of amides is 1. The molecule has 0 aromatic heterocycles. The van der Waals surface area contributed by atoms with Gasteiger partial charge in [0.15, 0.2) is 18.0 Å². The highest BCUT2D eigenvalue weighted by Crippen LogP contribution is 2.38. The molecule has 0 aliphatic carbocycles. The van der Waals surface area contributed by atoms with Gasteiger partial charge in [-0.1, -0.05) is 23.7 Å². The van der Waals surface area contributed by atoms with E-state index in [9.17, 15) is 4.79 Å². The third-order valence-electron chi connectivity index (χ3n) is 4.25. The van der Waals surface area contributed by atoms with Gasteiger partial charge in [0.1, 0.15) is 6.04 Å². The quantitative estimate of drug-likeness (QED) is 0.685. The Balaban J connectivity index is 1.91. The highest BCUT2D eigenvalue weighted by atomic mass is 35.5. The monoisotopic (exact) mass is 393 g/mol. The Labute approximate surface area is 164 Å². The summed E-state index contributed by atoms with van der Waals surface area (Å²) < 4.78 is 16.0. The molecular formula is C20H26ClN2O4+. The van der Waals surface area contributed by atoms with E-state index in [4.69, 9.17) is 25.8 Å². The van der Waals surface area contributed by atoms with Gasteiger partial charge in [-0.2, -0.15) is 0 Å². The predicted molar refractivity (Wildman–Crippen MR) is 105 cm³/mol. The number of benzene rings is 2. The molecule has 0 bridgehead atoms. The lowest BCUT2D eigenvalue weighted by molar-refractivity contribution is -0.682. The third kappa shape index (κ3) is 5.77. The van der Waals surface area contributed by atoms with Gasteiger partial charge in [0.25, 0.3) is 5.91 Å². The molecule has 0 saturated heterocycles. The predicted octanol–water partition coefficient (Wildman–Crippen LogP) is 2.31. The molecule has 146 valence electrons. The fourth-order valence-corrected chi connectivity index (χ4v) is 2.92. The van der Waals surface area contributed by atoms with Crippen molar-refractivity contribution < 1.29 is 24.3 Å². The molecule has 0 aliphatic heterocycles. The lowest BCUT2D eigenvalue weighted by Gasteiger charge is -2.15. The Bertz CT molecular complexity index is 757. The summed E-state index contributed by atoms with van der Waals surface area (Å²) in [4.78, 5) is 12.2. The number of hydrogen-bond donors (Lipinski definition) is 2. The van der Waals surface area contributed by atoms with Crippen molar-refractivity contribution in [1.29, 1.82) is 0 Å². The van der Waals surface area contributed by atoms with Gasteiger partial charge in [0.05, 0.1) is 21.3 Å². The molecule has 27 heavy (non-hydrogen) atoms. The molecule has 0 spiro atoms. The van der Waals surface area contributed by atoms with Crippen molar-refractivity contribution in [3.8, 4) is 17.2 Å². The van der Waals surface area contributed by atoms with Crippen LogP contribution >= 0.6 is 11.6 Å². The maximum atomic E-state index is 12.2. The second-order valence-electron chi connectivity index (χ2n) is 6.09. The summed E-state index contributed by atoms with van der Waals surface area (Å²) in [5, 5.41) is 5.57. The van der Waals surface area contributed by atoms with E-state index < -0.39 is 0 Å². The van der Waals surface area contributed by atoms with Crippen LogP contribution in [-0.2, 0) is 11.3 Å². The average molecular weight is 394 g/mol. The smallest absolute Gasteiger partial charge is 0.275 e. The Hall–Kier alpha value is -2.44. The van der Waals surface area contributed by atoms with Gasteiger partial charge in [-0.05, 0) is 36.8 Å². The van der Waals surface area contributed by atoms with Gasteiger partial charge < -0.3 is 24.8 Å². The van der Waals surface area contributed by atoms with E-state index in [1.807, 2.05) is 48.6 Å². The number of rotatable bonds is 9. The van der Waals surface area contributed by atoms with Crippen LogP contribution in [0.5, 0.6) is 17.2 Å². The van der Waals surface area contributed by atoms with Crippen molar-refractivity contribution in [3.63, 3.8) is 0 Å². The number of quaternary nitrogens is 1. The van der Waals surface area contributed by atoms with E-state index in [2.05, 4.69) is 5.32 Å². The first-order valence-electron chi connectivity index (χ1n) is 8.62. The van der Waals surface area contributed by atoms with Gasteiger partial charge in [-0.15, -0.1) is 0 Å². The molecule has 2 rings (SSSR count). The molecule has 6 nitrogen and oxygen atoms in total. The molecule has 2 aromatic rings. The lowest BCUT2D eigenvalue weighted by Crippen LogP contribution is -2.87. The number of nitrogens with one attached hydrogen (secondary N) is 1. The van der Waals surface area contributed by atoms with Crippen molar-refractivity contribution >= 4 is 17.5 Å². The topological polar surface area (TPSA) is 73.4 Å². The largest absolute Gasteiger partial charge is 0.493 e. The van der Waals surface area contributed by atoms with Crippen LogP contribution in [0.25, 0.3) is 0 Å². The summed E-state index contributed by atoms with van der Waals surface area (Å²) in [5.74, 6) is 1.58. The summed E-state index contributed by atoms with van der Waals surface area (Å²) in [6.07, 6.45) is 0. The van der Waals surface area contributed by atoms with E-state index >= 15 is 0 Å². The van der Waals surface area contributed by atoms with Crippen LogP contribution in [-0.4, -0.2) is 33.8 Å². The van der Waals surface area contributed by atoms with Crippen molar-refractivity contribution in [1.82, 2.24) is 5.32 Å². The van der Waals surface area contributed by atoms with Crippen molar-refractivity contribution in [2.45, 2.75) is 19.5 Å². The van der Waals surface area contributed by atoms with E-state index in [0.29, 0.717) is 35.4 Å². The molecule has 1 atom stereocenters. The SMILES string of the molecule is COc1cc(CNC(=O)C[NH2+][C@H](C)c2cccc(Cl)c2)cc(OC)c1OC. The van der Waals surface area contributed by atoms with Crippen LogP contribution in [0.1, 0.15) is 24.1 Å². The lowest BCUT2D eigenvalue weighted by atomic mass is 10.1. The highest BCUT2D eigenvalue weighted by Gasteiger charge is 2.15. The first-order chi connectivity index (χ1) is 13.0. The molecule has 0 aliphatic rings. The van der Waals surface area contributed by atoms with E-state index in [-0.39, 0.29) is 11.9 Å². The van der Waals surface area contributed by atoms with Gasteiger partial charge in [-0.25, -0.2) is 0 Å². The molecule has 0 saturated carbocycles. The van der Waals surface area contributed by atoms with E-state index in [1.165, 1.54) is 0 Å². The van der Waals surface area contributed by atoms with Crippen molar-refractivity contribution in [2.24, 2.45) is 0 Å². The summed E-state index contributed by atoms with van der Waals surface area (Å²) in [5.41, 5.74) is 1.95. The maximum absolute atomic E-state index is 12.2. The number of hydrogen-bond acceptors (Lipinski definition) is 4. The standard InChI is InChI=1S/C20H25ClN2O4/c1-13(15-6-5-7-16(21)10-15)22-12-19(24)23-11-14-8-17(25-2)20(27-4)18(9-14)26-3/h5-10,13,22H,11-12H2,1-4H3,(H,23,24)/p+1/t13-/m1/s1. The number of ether oxygens (including phenoxy) is 3. The molecule has 0 radical (unpaired) electrons. The minimum Gasteiger partial charge on any atom is -0.493 e. The second-order valence-corrected chi connectivity index (χ2v) is 6.53. The first kappa shape index (κ1) is 20.9. The molecule has 3 N–H and O–H groups in total. The van der Waals surface area contributed by atoms with Gasteiger partial charge in [-0.3, -0.25) is 4.79 Å². The molecule has 0 fully saturated rings. The average Bonchev–Trinajstić information content (AvgIpc) is 2.69. The second kappa shape index (κ2) is 10.0. The van der Waals surface area contributed by atoms with Crippen molar-refractivity contribution in [3.05, 3.63) is 52.5 Å². The van der Waals surface area contributed by atoms with Crippen LogP contribution in [0.2, 0.25) is 5.02 Å². The zero-order valence-electron chi connectivity index (χ0n) is 16.0. The van der Waals surface area contributed by atoms with E-state index in [0.717, 1.165) is 11.1 Å². The number of nitrogens with two attached hydrogens (primary N) is 1. The van der Waals surface area contributed by atoms with Crippen LogP contribution in [0.15, 0.2) is 36.4 Å². The minimum absolute atomic E-state index is 0.0578. The van der Waals surface area contributed by atoms with Gasteiger partial charge >= 0.3 is 0 Å². The van der Waals surface area contributed by atoms with Gasteiger partial charge in [0.2, 0.25) is 5.75 Å². The molecule has 1 amide bonds. The van der Waals surface area contributed by atoms with Crippen molar-refractivity contribution in [2.75, 3.05) is 27.9 Å². The molecule has 0 unspecified atom stereocenters. The normalized spacial score (nSPS) is 11.6. The van der Waals surface area contributed by atoms with E-state index in [1.54, 1.807) is 21.3 Å². The molecule has 2 aromatic carbocycles. The van der Waals surface area contributed by atoms with Crippen LogP contribution in [0.3, 0.4) is 0 Å². The third-order valence-corrected chi connectivity index (χ3v) is 4.48. The Kier molecular flexibility index (Phi) is 7.76. The number of halogens is 1. The summed E-state index contributed by atoms with van der Waals surface area (Å²) in [7, 11) is 4.68. The fraction of sp³-hybridized carbons (Fsp3) is 0.350. The minimum atomic E-state index is -0.0578. The number of carbonyl (C=O) groups excluding carboxylic acids is 1. The number of methoxy groups -OCH3 is 3. The summed E-state index contributed by atoms with van der Waals surface area (Å²) >= 11 is 6.02.